The maximum Gasteiger partial charge on any atom is 0.254 e. The van der Waals surface area contributed by atoms with Crippen LogP contribution in [-0.4, -0.2) is 54.0 Å². The summed E-state index contributed by atoms with van der Waals surface area (Å²) in [6, 6.07) is 8.06. The maximum absolute atomic E-state index is 11.6. The molecule has 4 rings (SSSR count). The SMILES string of the molecule is CS(=O)(=O)N1CC(c2ccc(Nc3ncc(C(N)=O)c(NC4CC4)n3)cc2)C1. The minimum absolute atomic E-state index is 0.212. The number of nitrogens with zero attached hydrogens (tertiary/aromatic N) is 3. The molecule has 0 radical (unpaired) electrons. The van der Waals surface area contributed by atoms with Crippen molar-refractivity contribution in [1.82, 2.24) is 14.3 Å². The normalized spacial score (nSPS) is 17.8. The molecule has 0 unspecified atom stereocenters. The van der Waals surface area contributed by atoms with Crippen LogP contribution >= 0.6 is 0 Å². The van der Waals surface area contributed by atoms with Crippen molar-refractivity contribution in [3.8, 4) is 0 Å². The summed E-state index contributed by atoms with van der Waals surface area (Å²) in [5, 5.41) is 6.32. The van der Waals surface area contributed by atoms with Gasteiger partial charge in [-0.2, -0.15) is 4.98 Å². The van der Waals surface area contributed by atoms with Gasteiger partial charge in [-0.05, 0) is 30.5 Å². The predicted octanol–water partition coefficient (Wildman–Crippen LogP) is 1.25. The van der Waals surface area contributed by atoms with Crippen molar-refractivity contribution in [3.63, 3.8) is 0 Å². The van der Waals surface area contributed by atoms with Crippen molar-refractivity contribution in [3.05, 3.63) is 41.6 Å². The number of hydrogen-bond donors (Lipinski definition) is 3. The van der Waals surface area contributed by atoms with Gasteiger partial charge in [-0.25, -0.2) is 17.7 Å². The van der Waals surface area contributed by atoms with Crippen LogP contribution in [0.15, 0.2) is 30.5 Å². The smallest absolute Gasteiger partial charge is 0.254 e. The molecule has 2 aromatic rings. The average Bonchev–Trinajstić information content (AvgIpc) is 3.38. The lowest BCUT2D eigenvalue weighted by molar-refractivity contribution is 0.100. The number of sulfonamides is 1. The summed E-state index contributed by atoms with van der Waals surface area (Å²) in [7, 11) is -3.11. The third-order valence-electron chi connectivity index (χ3n) is 4.93. The van der Waals surface area contributed by atoms with Gasteiger partial charge in [0.05, 0.1) is 11.8 Å². The Morgan fingerprint density at radius 2 is 1.89 bits per heavy atom. The number of carbonyl (C=O) groups excluding carboxylic acids is 1. The Morgan fingerprint density at radius 3 is 2.46 bits per heavy atom. The molecule has 10 heteroatoms. The van der Waals surface area contributed by atoms with Crippen LogP contribution in [0.1, 0.15) is 34.7 Å². The molecule has 148 valence electrons. The number of nitrogens with one attached hydrogen (secondary N) is 2. The molecule has 1 aliphatic heterocycles. The minimum atomic E-state index is -3.11. The number of benzene rings is 1. The van der Waals surface area contributed by atoms with E-state index >= 15 is 0 Å². The summed E-state index contributed by atoms with van der Waals surface area (Å²) in [5.41, 5.74) is 7.55. The van der Waals surface area contributed by atoms with E-state index in [0.29, 0.717) is 30.9 Å². The number of hydrogen-bond acceptors (Lipinski definition) is 7. The van der Waals surface area contributed by atoms with Crippen LogP contribution in [0.5, 0.6) is 0 Å². The summed E-state index contributed by atoms with van der Waals surface area (Å²) in [6.07, 6.45) is 4.74. The Kier molecular flexibility index (Phi) is 4.68. The van der Waals surface area contributed by atoms with Crippen LogP contribution < -0.4 is 16.4 Å². The van der Waals surface area contributed by atoms with E-state index < -0.39 is 15.9 Å². The van der Waals surface area contributed by atoms with Crippen LogP contribution in [0.25, 0.3) is 0 Å². The van der Waals surface area contributed by atoms with Gasteiger partial charge < -0.3 is 16.4 Å². The fraction of sp³-hybridized carbons (Fsp3) is 0.389. The fourth-order valence-corrected chi connectivity index (χ4v) is 3.94. The van der Waals surface area contributed by atoms with Crippen molar-refractivity contribution >= 4 is 33.4 Å². The van der Waals surface area contributed by atoms with Gasteiger partial charge in [0, 0.05) is 36.9 Å². The molecular weight excluding hydrogens is 380 g/mol. The number of carbonyl (C=O) groups is 1. The number of amides is 1. The molecule has 1 saturated heterocycles. The lowest BCUT2D eigenvalue weighted by atomic mass is 9.94. The second-order valence-corrected chi connectivity index (χ2v) is 9.25. The zero-order chi connectivity index (χ0) is 19.9. The first-order valence-electron chi connectivity index (χ1n) is 9.05. The largest absolute Gasteiger partial charge is 0.367 e. The molecule has 4 N–H and O–H groups in total. The summed E-state index contributed by atoms with van der Waals surface area (Å²) < 4.78 is 24.4. The lowest BCUT2D eigenvalue weighted by Crippen LogP contribution is -2.47. The molecule has 1 aromatic carbocycles. The molecule has 2 aliphatic rings. The van der Waals surface area contributed by atoms with Crippen LogP contribution in [0.4, 0.5) is 17.5 Å². The van der Waals surface area contributed by atoms with Gasteiger partial charge in [-0.1, -0.05) is 12.1 Å². The van der Waals surface area contributed by atoms with Crippen LogP contribution in [0, 0.1) is 0 Å². The van der Waals surface area contributed by atoms with Gasteiger partial charge in [0.1, 0.15) is 5.82 Å². The molecule has 1 saturated carbocycles. The highest BCUT2D eigenvalue weighted by Gasteiger charge is 2.33. The van der Waals surface area contributed by atoms with Gasteiger partial charge in [0.15, 0.2) is 0 Å². The maximum atomic E-state index is 11.6. The van der Waals surface area contributed by atoms with Crippen molar-refractivity contribution < 1.29 is 13.2 Å². The Hall–Kier alpha value is -2.72. The highest BCUT2D eigenvalue weighted by atomic mass is 32.2. The molecular formula is C18H22N6O3S. The first kappa shape index (κ1) is 18.6. The first-order chi connectivity index (χ1) is 13.3. The number of primary amides is 1. The second kappa shape index (κ2) is 7.02. The summed E-state index contributed by atoms with van der Waals surface area (Å²) in [4.78, 5) is 20.1. The van der Waals surface area contributed by atoms with Crippen molar-refractivity contribution in [2.24, 2.45) is 5.73 Å². The molecule has 1 amide bonds. The zero-order valence-electron chi connectivity index (χ0n) is 15.4. The average molecular weight is 402 g/mol. The van der Waals surface area contributed by atoms with Crippen molar-refractivity contribution in [1.29, 1.82) is 0 Å². The molecule has 2 fully saturated rings. The monoisotopic (exact) mass is 402 g/mol. The third kappa shape index (κ3) is 4.07. The van der Waals surface area contributed by atoms with E-state index in [4.69, 9.17) is 5.73 Å². The summed E-state index contributed by atoms with van der Waals surface area (Å²) in [6.45, 7) is 1.03. The summed E-state index contributed by atoms with van der Waals surface area (Å²) >= 11 is 0. The third-order valence-corrected chi connectivity index (χ3v) is 6.16. The van der Waals surface area contributed by atoms with Gasteiger partial charge in [-0.3, -0.25) is 4.79 Å². The van der Waals surface area contributed by atoms with Crippen LogP contribution in [0.2, 0.25) is 0 Å². The van der Waals surface area contributed by atoms with E-state index in [9.17, 15) is 13.2 Å². The summed E-state index contributed by atoms with van der Waals surface area (Å²) in [5.74, 6) is 0.458. The lowest BCUT2D eigenvalue weighted by Gasteiger charge is -2.37. The molecule has 1 aliphatic carbocycles. The van der Waals surface area contributed by atoms with Gasteiger partial charge in [0.25, 0.3) is 5.91 Å². The van der Waals surface area contributed by atoms with E-state index in [1.54, 1.807) is 0 Å². The highest BCUT2D eigenvalue weighted by molar-refractivity contribution is 7.88. The van der Waals surface area contributed by atoms with E-state index in [1.807, 2.05) is 24.3 Å². The van der Waals surface area contributed by atoms with E-state index in [2.05, 4.69) is 20.6 Å². The fourth-order valence-electron chi connectivity index (χ4n) is 3.04. The minimum Gasteiger partial charge on any atom is -0.367 e. The van der Waals surface area contributed by atoms with Crippen molar-refractivity contribution in [2.75, 3.05) is 30.0 Å². The number of nitrogens with two attached hydrogens (primary N) is 1. The van der Waals surface area contributed by atoms with Crippen LogP contribution in [0.3, 0.4) is 0 Å². The molecule has 9 nitrogen and oxygen atoms in total. The standard InChI is InChI=1S/C18H22N6O3S/c1-28(26,27)24-9-12(10-24)11-2-4-14(5-3-11)22-18-20-8-15(16(19)25)17(23-18)21-13-6-7-13/h2-5,8,12-13H,6-7,9-10H2,1H3,(H2,19,25)(H2,20,21,22,23). The molecule has 2 heterocycles. The van der Waals surface area contributed by atoms with Crippen LogP contribution in [-0.2, 0) is 10.0 Å². The molecule has 0 bridgehead atoms. The number of rotatable bonds is 7. The van der Waals surface area contributed by atoms with Gasteiger partial charge >= 0.3 is 0 Å². The Bertz CT molecular complexity index is 998. The number of aromatic nitrogens is 2. The van der Waals surface area contributed by atoms with Crippen molar-refractivity contribution in [2.45, 2.75) is 24.8 Å². The van der Waals surface area contributed by atoms with Gasteiger partial charge in [0.2, 0.25) is 16.0 Å². The quantitative estimate of drug-likeness (QED) is 0.635. The predicted molar refractivity (Wildman–Crippen MR) is 106 cm³/mol. The Balaban J connectivity index is 1.44. The number of anilines is 3. The zero-order valence-corrected chi connectivity index (χ0v) is 16.2. The molecule has 28 heavy (non-hydrogen) atoms. The Morgan fingerprint density at radius 1 is 1.21 bits per heavy atom. The van der Waals surface area contributed by atoms with E-state index in [1.165, 1.54) is 16.8 Å². The highest BCUT2D eigenvalue weighted by Crippen LogP contribution is 2.30. The second-order valence-electron chi connectivity index (χ2n) is 7.26. The molecule has 0 spiro atoms. The first-order valence-corrected chi connectivity index (χ1v) is 10.9. The van der Waals surface area contributed by atoms with Gasteiger partial charge in [-0.15, -0.1) is 0 Å². The molecule has 1 aromatic heterocycles. The Labute approximate surface area is 163 Å². The molecule has 0 atom stereocenters. The van der Waals surface area contributed by atoms with E-state index in [-0.39, 0.29) is 11.5 Å². The topological polar surface area (TPSA) is 130 Å². The van der Waals surface area contributed by atoms with E-state index in [0.717, 1.165) is 24.1 Å².